The summed E-state index contributed by atoms with van der Waals surface area (Å²) < 4.78 is 39.1. The maximum Gasteiger partial charge on any atom is 0.416 e. The fraction of sp³-hybridized carbons (Fsp3) is 0.154. The van der Waals surface area contributed by atoms with E-state index >= 15 is 0 Å². The molecule has 4 aromatic rings. The van der Waals surface area contributed by atoms with Crippen molar-refractivity contribution in [3.05, 3.63) is 101 Å². The number of carbonyl (C=O) groups excluding carboxylic acids is 2. The summed E-state index contributed by atoms with van der Waals surface area (Å²) in [5.74, 6) is -0.882. The smallest absolute Gasteiger partial charge is 0.358 e. The van der Waals surface area contributed by atoms with E-state index in [-0.39, 0.29) is 18.1 Å². The molecule has 0 saturated carbocycles. The van der Waals surface area contributed by atoms with Gasteiger partial charge in [0.1, 0.15) is 6.54 Å². The molecule has 0 bridgehead atoms. The second-order valence-electron chi connectivity index (χ2n) is 8.26. The molecule has 1 aliphatic rings. The Hall–Kier alpha value is -4.07. The van der Waals surface area contributed by atoms with Gasteiger partial charge >= 0.3 is 6.18 Å². The molecule has 0 aliphatic carbocycles. The minimum Gasteiger partial charge on any atom is -0.358 e. The fourth-order valence-corrected chi connectivity index (χ4v) is 4.62. The first-order valence-corrected chi connectivity index (χ1v) is 10.7. The average molecular weight is 463 g/mol. The lowest BCUT2D eigenvalue weighted by atomic mass is 9.95. The lowest BCUT2D eigenvalue weighted by Crippen LogP contribution is -2.36. The van der Waals surface area contributed by atoms with Crippen molar-refractivity contribution < 1.29 is 22.8 Å². The van der Waals surface area contributed by atoms with E-state index in [1.807, 2.05) is 43.3 Å². The molecule has 172 valence electrons. The van der Waals surface area contributed by atoms with E-state index in [0.29, 0.717) is 5.56 Å². The van der Waals surface area contributed by atoms with Crippen molar-refractivity contribution in [1.29, 1.82) is 0 Å². The molecule has 5 nitrogen and oxygen atoms in total. The Morgan fingerprint density at radius 2 is 1.76 bits per heavy atom. The van der Waals surface area contributed by atoms with Gasteiger partial charge in [0.15, 0.2) is 0 Å². The molecule has 5 rings (SSSR count). The number of rotatable bonds is 4. The van der Waals surface area contributed by atoms with Gasteiger partial charge in [-0.05, 0) is 42.8 Å². The van der Waals surface area contributed by atoms with Gasteiger partial charge in [0.2, 0.25) is 5.91 Å². The van der Waals surface area contributed by atoms with Gasteiger partial charge in [0, 0.05) is 33.4 Å². The van der Waals surface area contributed by atoms with E-state index in [1.165, 1.54) is 17.0 Å². The number of anilines is 1. The van der Waals surface area contributed by atoms with Crippen molar-refractivity contribution in [3.63, 3.8) is 0 Å². The summed E-state index contributed by atoms with van der Waals surface area (Å²) in [5, 5.41) is 3.45. The van der Waals surface area contributed by atoms with Crippen LogP contribution in [0.15, 0.2) is 72.8 Å². The molecule has 3 aromatic carbocycles. The Labute approximate surface area is 193 Å². The number of aromatic nitrogens is 1. The Morgan fingerprint density at radius 3 is 2.56 bits per heavy atom. The maximum absolute atomic E-state index is 13.3. The zero-order valence-electron chi connectivity index (χ0n) is 18.1. The van der Waals surface area contributed by atoms with Gasteiger partial charge in [-0.25, -0.2) is 0 Å². The zero-order chi connectivity index (χ0) is 24.0. The summed E-state index contributed by atoms with van der Waals surface area (Å²) in [5.41, 5.74) is 3.13. The number of para-hydroxylation sites is 1. The molecule has 2 heterocycles. The average Bonchev–Trinajstić information content (AvgIpc) is 3.26. The molecule has 0 saturated heterocycles. The third kappa shape index (κ3) is 3.71. The minimum atomic E-state index is -4.52. The van der Waals surface area contributed by atoms with Crippen molar-refractivity contribution in [1.82, 2.24) is 9.88 Å². The predicted molar refractivity (Wildman–Crippen MR) is 122 cm³/mol. The number of alkyl halides is 3. The molecule has 34 heavy (non-hydrogen) atoms. The molecule has 2 amide bonds. The number of hydrogen-bond acceptors (Lipinski definition) is 2. The topological polar surface area (TPSA) is 65.2 Å². The number of fused-ring (bicyclic) bond motifs is 2. The molecule has 0 fully saturated rings. The number of hydrogen-bond donors (Lipinski definition) is 2. The van der Waals surface area contributed by atoms with Crippen LogP contribution in [0.4, 0.5) is 18.9 Å². The van der Waals surface area contributed by atoms with Crippen LogP contribution in [0.1, 0.15) is 38.8 Å². The largest absolute Gasteiger partial charge is 0.416 e. The summed E-state index contributed by atoms with van der Waals surface area (Å²) in [7, 11) is 0. The number of amides is 2. The molecule has 1 atom stereocenters. The normalized spacial score (nSPS) is 15.6. The third-order valence-electron chi connectivity index (χ3n) is 6.06. The van der Waals surface area contributed by atoms with Crippen LogP contribution < -0.4 is 5.32 Å². The van der Waals surface area contributed by atoms with Crippen LogP contribution in [0.5, 0.6) is 0 Å². The highest BCUT2D eigenvalue weighted by Crippen LogP contribution is 2.42. The second-order valence-corrected chi connectivity index (χ2v) is 8.26. The first-order chi connectivity index (χ1) is 16.2. The predicted octanol–water partition coefficient (Wildman–Crippen LogP) is 5.68. The van der Waals surface area contributed by atoms with Crippen molar-refractivity contribution in [2.75, 3.05) is 11.9 Å². The Kier molecular flexibility index (Phi) is 5.16. The summed E-state index contributed by atoms with van der Waals surface area (Å²) in [4.78, 5) is 31.0. The first-order valence-electron chi connectivity index (χ1n) is 10.7. The molecular formula is C26H20F3N3O2. The van der Waals surface area contributed by atoms with Gasteiger partial charge < -0.3 is 15.2 Å². The van der Waals surface area contributed by atoms with Crippen molar-refractivity contribution in [2.24, 2.45) is 0 Å². The van der Waals surface area contributed by atoms with Crippen molar-refractivity contribution in [2.45, 2.75) is 19.1 Å². The monoisotopic (exact) mass is 463 g/mol. The Morgan fingerprint density at radius 1 is 1.03 bits per heavy atom. The number of benzene rings is 3. The molecule has 8 heteroatoms. The quantitative estimate of drug-likeness (QED) is 0.409. The van der Waals surface area contributed by atoms with Crippen molar-refractivity contribution in [3.8, 4) is 0 Å². The lowest BCUT2D eigenvalue weighted by Gasteiger charge is -2.26. The molecule has 1 aromatic heterocycles. The maximum atomic E-state index is 13.3. The number of nitrogens with one attached hydrogen (secondary N) is 2. The van der Waals surface area contributed by atoms with Gasteiger partial charge in [-0.15, -0.1) is 0 Å². The molecule has 0 unspecified atom stereocenters. The number of aryl methyl sites for hydroxylation is 1. The van der Waals surface area contributed by atoms with E-state index in [2.05, 4.69) is 10.3 Å². The molecular weight excluding hydrogens is 443 g/mol. The highest BCUT2D eigenvalue weighted by atomic mass is 19.4. The first kappa shape index (κ1) is 21.8. The number of nitrogens with zero attached hydrogens (tertiary/aromatic N) is 1. The number of H-pyrrole nitrogens is 1. The fourth-order valence-electron chi connectivity index (χ4n) is 4.62. The molecule has 1 aliphatic heterocycles. The van der Waals surface area contributed by atoms with Crippen LogP contribution in [0.2, 0.25) is 0 Å². The van der Waals surface area contributed by atoms with Gasteiger partial charge in [-0.1, -0.05) is 42.5 Å². The van der Waals surface area contributed by atoms with Crippen LogP contribution in [-0.2, 0) is 11.0 Å². The van der Waals surface area contributed by atoms with Crippen LogP contribution in [0.25, 0.3) is 10.9 Å². The van der Waals surface area contributed by atoms with Crippen LogP contribution in [0, 0.1) is 6.92 Å². The summed E-state index contributed by atoms with van der Waals surface area (Å²) >= 11 is 0. The van der Waals surface area contributed by atoms with Gasteiger partial charge in [-0.3, -0.25) is 9.59 Å². The Bertz CT molecular complexity index is 1420. The minimum absolute atomic E-state index is 0.0174. The number of aromatic amines is 1. The van der Waals surface area contributed by atoms with Crippen LogP contribution in [0.3, 0.4) is 0 Å². The second kappa shape index (κ2) is 8.06. The van der Waals surface area contributed by atoms with Crippen LogP contribution >= 0.6 is 0 Å². The van der Waals surface area contributed by atoms with E-state index in [0.717, 1.165) is 39.9 Å². The van der Waals surface area contributed by atoms with E-state index in [1.54, 1.807) is 12.1 Å². The SMILES string of the molecule is Cc1[nH]c2ccccc2c1[C@H]1c2ccccc2C(=O)N1CC(=O)Nc1cccc(C(F)(F)F)c1. The van der Waals surface area contributed by atoms with E-state index < -0.39 is 23.7 Å². The van der Waals surface area contributed by atoms with Gasteiger partial charge in [-0.2, -0.15) is 13.2 Å². The Balaban J connectivity index is 1.50. The summed E-state index contributed by atoms with van der Waals surface area (Å²) in [6, 6.07) is 18.8. The molecule has 0 radical (unpaired) electrons. The third-order valence-corrected chi connectivity index (χ3v) is 6.06. The lowest BCUT2D eigenvalue weighted by molar-refractivity contribution is -0.137. The number of halogens is 3. The van der Waals surface area contributed by atoms with E-state index in [9.17, 15) is 22.8 Å². The van der Waals surface area contributed by atoms with Gasteiger partial charge in [0.05, 0.1) is 11.6 Å². The molecule has 2 N–H and O–H groups in total. The van der Waals surface area contributed by atoms with Crippen molar-refractivity contribution >= 4 is 28.4 Å². The zero-order valence-corrected chi connectivity index (χ0v) is 18.1. The number of carbonyl (C=O) groups is 2. The highest BCUT2D eigenvalue weighted by Gasteiger charge is 2.40. The molecule has 0 spiro atoms. The van der Waals surface area contributed by atoms with Gasteiger partial charge in [0.25, 0.3) is 5.91 Å². The van der Waals surface area contributed by atoms with Crippen LogP contribution in [-0.4, -0.2) is 28.2 Å². The highest BCUT2D eigenvalue weighted by molar-refractivity contribution is 6.04. The van der Waals surface area contributed by atoms with E-state index in [4.69, 9.17) is 0 Å². The summed E-state index contributed by atoms with van der Waals surface area (Å²) in [6.07, 6.45) is -4.52. The standard InChI is InChI=1S/C26H20F3N3O2/c1-15-23(20-11-4-5-12-21(20)30-15)24-18-9-2-3-10-19(18)25(34)32(24)14-22(33)31-17-8-6-7-16(13-17)26(27,28)29/h2-13,24,30H,14H2,1H3,(H,31,33)/t24-/m1/s1. The summed E-state index contributed by atoms with van der Waals surface area (Å²) in [6.45, 7) is 1.61.